The number of hydrogen-bond acceptors (Lipinski definition) is 6. The Hall–Kier alpha value is -3.39. The highest BCUT2D eigenvalue weighted by atomic mass is 19.1. The number of rotatable bonds is 5. The minimum atomic E-state index is -0.537. The van der Waals surface area contributed by atoms with Crippen LogP contribution in [-0.2, 0) is 4.74 Å². The highest BCUT2D eigenvalue weighted by Gasteiger charge is 2.25. The van der Waals surface area contributed by atoms with E-state index < -0.39 is 5.95 Å². The van der Waals surface area contributed by atoms with E-state index in [1.165, 1.54) is 6.07 Å². The van der Waals surface area contributed by atoms with Crippen LogP contribution in [0, 0.1) is 12.9 Å². The fraction of sp³-hybridized carbons (Fsp3) is 0.333. The highest BCUT2D eigenvalue weighted by molar-refractivity contribution is 6.03. The monoisotopic (exact) mass is 433 g/mol. The standard InChI is InChI=1S/C24H24FN5O2/c1-15-2-5-19(27-24(31)21-10-18(14-26-29-21)16-3-4-16)13-20(15)17-11-22(25)28-23(12-17)30-6-8-32-9-7-30/h2,5,10-14,16H,3-4,6-9H2,1H3,(H,27,31). The normalized spacial score (nSPS) is 16.1. The van der Waals surface area contributed by atoms with E-state index in [4.69, 9.17) is 4.74 Å². The molecule has 32 heavy (non-hydrogen) atoms. The summed E-state index contributed by atoms with van der Waals surface area (Å²) in [5.41, 5.74) is 4.47. The van der Waals surface area contributed by atoms with Gasteiger partial charge in [0.25, 0.3) is 5.91 Å². The summed E-state index contributed by atoms with van der Waals surface area (Å²) in [7, 11) is 0. The number of aryl methyl sites for hydroxylation is 1. The Bertz CT molecular complexity index is 1160. The Morgan fingerprint density at radius 1 is 1.16 bits per heavy atom. The molecule has 3 heterocycles. The molecule has 2 fully saturated rings. The van der Waals surface area contributed by atoms with Crippen molar-refractivity contribution >= 4 is 17.4 Å². The lowest BCUT2D eigenvalue weighted by atomic mass is 10.0. The lowest BCUT2D eigenvalue weighted by Gasteiger charge is -2.28. The zero-order valence-corrected chi connectivity index (χ0v) is 17.8. The second-order valence-corrected chi connectivity index (χ2v) is 8.27. The largest absolute Gasteiger partial charge is 0.378 e. The van der Waals surface area contributed by atoms with Crippen molar-refractivity contribution in [2.75, 3.05) is 36.5 Å². The quantitative estimate of drug-likeness (QED) is 0.614. The molecule has 1 aliphatic heterocycles. The summed E-state index contributed by atoms with van der Waals surface area (Å²) in [6.45, 7) is 4.49. The number of carbonyl (C=O) groups excluding carboxylic acids is 1. The van der Waals surface area contributed by atoms with Gasteiger partial charge >= 0.3 is 0 Å². The third-order valence-electron chi connectivity index (χ3n) is 5.88. The molecule has 0 unspecified atom stereocenters. The summed E-state index contributed by atoms with van der Waals surface area (Å²) >= 11 is 0. The molecule has 1 N–H and O–H groups in total. The van der Waals surface area contributed by atoms with Crippen molar-refractivity contribution in [2.45, 2.75) is 25.7 Å². The molecule has 0 radical (unpaired) electrons. The third-order valence-corrected chi connectivity index (χ3v) is 5.88. The number of ether oxygens (including phenoxy) is 1. The summed E-state index contributed by atoms with van der Waals surface area (Å²) in [4.78, 5) is 18.8. The maximum Gasteiger partial charge on any atom is 0.276 e. The van der Waals surface area contributed by atoms with E-state index in [-0.39, 0.29) is 5.91 Å². The first-order valence-corrected chi connectivity index (χ1v) is 10.8. The molecule has 7 nitrogen and oxygen atoms in total. The lowest BCUT2D eigenvalue weighted by molar-refractivity contribution is 0.102. The summed E-state index contributed by atoms with van der Waals surface area (Å²) in [6, 6.07) is 10.7. The van der Waals surface area contributed by atoms with Gasteiger partial charge in [0.1, 0.15) is 5.82 Å². The summed E-state index contributed by atoms with van der Waals surface area (Å²) in [5, 5.41) is 10.9. The van der Waals surface area contributed by atoms with E-state index in [2.05, 4.69) is 20.5 Å². The number of nitrogens with one attached hydrogen (secondary N) is 1. The Morgan fingerprint density at radius 2 is 1.97 bits per heavy atom. The first-order valence-electron chi connectivity index (χ1n) is 10.8. The summed E-state index contributed by atoms with van der Waals surface area (Å²) in [6.07, 6.45) is 3.98. The van der Waals surface area contributed by atoms with Crippen molar-refractivity contribution in [2.24, 2.45) is 0 Å². The molecular formula is C24H24FN5O2. The Balaban J connectivity index is 1.41. The van der Waals surface area contributed by atoms with E-state index in [1.807, 2.05) is 42.2 Å². The van der Waals surface area contributed by atoms with Gasteiger partial charge in [-0.3, -0.25) is 4.79 Å². The number of hydrogen-bond donors (Lipinski definition) is 1. The fourth-order valence-corrected chi connectivity index (χ4v) is 3.93. The van der Waals surface area contributed by atoms with Crippen LogP contribution in [0.2, 0.25) is 0 Å². The SMILES string of the molecule is Cc1ccc(NC(=O)c2cc(C3CC3)cnn2)cc1-c1cc(F)nc(N2CCOCC2)c1. The number of anilines is 2. The predicted octanol–water partition coefficient (Wildman–Crippen LogP) is 3.95. The fourth-order valence-electron chi connectivity index (χ4n) is 3.93. The number of benzene rings is 1. The molecule has 3 aromatic rings. The molecule has 1 saturated carbocycles. The molecule has 5 rings (SSSR count). The van der Waals surface area contributed by atoms with Gasteiger partial charge < -0.3 is 15.0 Å². The van der Waals surface area contributed by atoms with Gasteiger partial charge in [0.05, 0.1) is 19.4 Å². The van der Waals surface area contributed by atoms with Gasteiger partial charge in [-0.1, -0.05) is 6.07 Å². The molecule has 0 bridgehead atoms. The average molecular weight is 433 g/mol. The number of halogens is 1. The van der Waals surface area contributed by atoms with E-state index in [1.54, 1.807) is 6.20 Å². The molecule has 1 aliphatic carbocycles. The summed E-state index contributed by atoms with van der Waals surface area (Å²) in [5.74, 6) is 0.226. The topological polar surface area (TPSA) is 80.2 Å². The number of pyridine rings is 1. The maximum absolute atomic E-state index is 14.4. The lowest BCUT2D eigenvalue weighted by Crippen LogP contribution is -2.36. The van der Waals surface area contributed by atoms with Gasteiger partial charge in [-0.05, 0) is 72.2 Å². The highest BCUT2D eigenvalue weighted by Crippen LogP contribution is 2.39. The molecule has 2 aliphatic rings. The van der Waals surface area contributed by atoms with Gasteiger partial charge in [-0.25, -0.2) is 4.98 Å². The smallest absolute Gasteiger partial charge is 0.276 e. The molecule has 1 saturated heterocycles. The first kappa shape index (κ1) is 20.5. The number of amides is 1. The number of morpholine rings is 1. The number of nitrogens with zero attached hydrogens (tertiary/aromatic N) is 4. The van der Waals surface area contributed by atoms with Gasteiger partial charge in [0, 0.05) is 24.8 Å². The Kier molecular flexibility index (Phi) is 5.53. The van der Waals surface area contributed by atoms with Crippen LogP contribution in [0.15, 0.2) is 42.6 Å². The minimum absolute atomic E-state index is 0.293. The summed E-state index contributed by atoms with van der Waals surface area (Å²) < 4.78 is 19.8. The molecule has 1 amide bonds. The van der Waals surface area contributed by atoms with Crippen LogP contribution in [-0.4, -0.2) is 47.4 Å². The van der Waals surface area contributed by atoms with Crippen LogP contribution in [0.4, 0.5) is 15.9 Å². The van der Waals surface area contributed by atoms with Gasteiger partial charge in [-0.2, -0.15) is 9.49 Å². The average Bonchev–Trinajstić information content (AvgIpc) is 3.66. The van der Waals surface area contributed by atoms with Crippen LogP contribution in [0.1, 0.15) is 40.4 Å². The molecule has 2 aromatic heterocycles. The zero-order valence-electron chi connectivity index (χ0n) is 17.8. The molecule has 1 aromatic carbocycles. The molecule has 0 atom stereocenters. The van der Waals surface area contributed by atoms with Gasteiger partial charge in [-0.15, -0.1) is 5.10 Å². The van der Waals surface area contributed by atoms with E-state index in [0.29, 0.717) is 55.0 Å². The van der Waals surface area contributed by atoms with E-state index in [0.717, 1.165) is 29.5 Å². The molecule has 164 valence electrons. The van der Waals surface area contributed by atoms with Crippen molar-refractivity contribution < 1.29 is 13.9 Å². The second kappa shape index (κ2) is 8.63. The number of carbonyl (C=O) groups is 1. The van der Waals surface area contributed by atoms with Crippen LogP contribution >= 0.6 is 0 Å². The van der Waals surface area contributed by atoms with E-state index >= 15 is 0 Å². The Labute approximate surface area is 185 Å². The second-order valence-electron chi connectivity index (χ2n) is 8.27. The van der Waals surface area contributed by atoms with Crippen LogP contribution in [0.3, 0.4) is 0 Å². The third kappa shape index (κ3) is 4.45. The molecular weight excluding hydrogens is 409 g/mol. The van der Waals surface area contributed by atoms with Crippen molar-refractivity contribution in [3.05, 3.63) is 65.4 Å². The zero-order chi connectivity index (χ0) is 22.1. The van der Waals surface area contributed by atoms with Gasteiger partial charge in [0.15, 0.2) is 5.69 Å². The van der Waals surface area contributed by atoms with Crippen molar-refractivity contribution in [1.82, 2.24) is 15.2 Å². The molecule has 8 heteroatoms. The van der Waals surface area contributed by atoms with Crippen molar-refractivity contribution in [3.8, 4) is 11.1 Å². The van der Waals surface area contributed by atoms with E-state index in [9.17, 15) is 9.18 Å². The predicted molar refractivity (Wildman–Crippen MR) is 119 cm³/mol. The van der Waals surface area contributed by atoms with Crippen molar-refractivity contribution in [1.29, 1.82) is 0 Å². The van der Waals surface area contributed by atoms with Crippen LogP contribution < -0.4 is 10.2 Å². The van der Waals surface area contributed by atoms with Crippen molar-refractivity contribution in [3.63, 3.8) is 0 Å². The number of aromatic nitrogens is 3. The molecule has 0 spiro atoms. The van der Waals surface area contributed by atoms with Crippen LogP contribution in [0.25, 0.3) is 11.1 Å². The van der Waals surface area contributed by atoms with Crippen LogP contribution in [0.5, 0.6) is 0 Å². The maximum atomic E-state index is 14.4. The Morgan fingerprint density at radius 3 is 2.75 bits per heavy atom. The first-order chi connectivity index (χ1) is 15.6. The minimum Gasteiger partial charge on any atom is -0.378 e. The van der Waals surface area contributed by atoms with Gasteiger partial charge in [0.2, 0.25) is 5.95 Å².